The minimum Gasteiger partial charge on any atom is -0.386 e. The highest BCUT2D eigenvalue weighted by molar-refractivity contribution is 7.80. The number of aliphatic hydroxyl groups is 1. The molecular formula is C13H21BN4OS2. The summed E-state index contributed by atoms with van der Waals surface area (Å²) in [5, 5.41) is 20.4. The number of thiocarbonyl (C=S) groups is 1. The number of nitrogens with one attached hydrogen (secondary N) is 2. The number of hydrogen-bond donors (Lipinski definition) is 4. The van der Waals surface area contributed by atoms with Gasteiger partial charge in [-0.15, -0.1) is 11.3 Å². The van der Waals surface area contributed by atoms with Crippen LogP contribution in [0.2, 0.25) is 5.31 Å². The van der Waals surface area contributed by atoms with Crippen LogP contribution in [0.15, 0.2) is 11.6 Å². The van der Waals surface area contributed by atoms with Crippen molar-refractivity contribution < 1.29 is 5.11 Å². The Morgan fingerprint density at radius 2 is 2.29 bits per heavy atom. The number of aromatic nitrogens is 1. The first kappa shape index (κ1) is 15.2. The average molecular weight is 324 g/mol. The number of anilines is 1. The number of thiazole rings is 1. The molecule has 1 aromatic heterocycles. The molecule has 4 rings (SSSR count). The molecule has 0 spiro atoms. The summed E-state index contributed by atoms with van der Waals surface area (Å²) in [4.78, 5) is 4.13. The molecule has 5 N–H and O–H groups in total. The van der Waals surface area contributed by atoms with Gasteiger partial charge < -0.3 is 21.5 Å². The van der Waals surface area contributed by atoms with Gasteiger partial charge in [0, 0.05) is 24.2 Å². The van der Waals surface area contributed by atoms with Crippen LogP contribution in [0.4, 0.5) is 5.13 Å². The molecule has 3 aliphatic rings. The molecule has 5 nitrogen and oxygen atoms in total. The molecule has 8 heteroatoms. The van der Waals surface area contributed by atoms with E-state index in [4.69, 9.17) is 18.0 Å². The van der Waals surface area contributed by atoms with E-state index in [-0.39, 0.29) is 17.3 Å². The van der Waals surface area contributed by atoms with Gasteiger partial charge in [-0.05, 0) is 36.3 Å². The van der Waals surface area contributed by atoms with Crippen molar-refractivity contribution in [2.45, 2.75) is 42.6 Å². The lowest BCUT2D eigenvalue weighted by atomic mass is 9.44. The maximum Gasteiger partial charge on any atom is 0.188 e. The van der Waals surface area contributed by atoms with E-state index in [0.29, 0.717) is 11.7 Å². The molecule has 1 aromatic rings. The summed E-state index contributed by atoms with van der Waals surface area (Å²) in [7, 11) is 2.20. The van der Waals surface area contributed by atoms with Gasteiger partial charge in [-0.2, -0.15) is 0 Å². The van der Waals surface area contributed by atoms with E-state index in [0.717, 1.165) is 30.8 Å². The van der Waals surface area contributed by atoms with Crippen LogP contribution in [0.3, 0.4) is 0 Å². The van der Waals surface area contributed by atoms with Crippen molar-refractivity contribution in [2.75, 3.05) is 11.9 Å². The Bertz CT molecular complexity index is 518. The predicted octanol–water partition coefficient (Wildman–Crippen LogP) is 0.483. The molecule has 0 aliphatic heterocycles. The molecule has 0 saturated heterocycles. The largest absolute Gasteiger partial charge is 0.386 e. The second-order valence-electron chi connectivity index (χ2n) is 6.54. The van der Waals surface area contributed by atoms with Crippen LogP contribution in [0, 0.1) is 5.92 Å². The molecule has 2 atom stereocenters. The molecule has 1 heterocycles. The highest BCUT2D eigenvalue weighted by atomic mass is 32.1. The number of nitrogens with two attached hydrogens (primary N) is 1. The van der Waals surface area contributed by atoms with Crippen molar-refractivity contribution >= 4 is 41.6 Å². The van der Waals surface area contributed by atoms with Crippen molar-refractivity contribution in [1.29, 1.82) is 0 Å². The lowest BCUT2D eigenvalue weighted by Crippen LogP contribution is -2.68. The number of hydrogen-bond acceptors (Lipinski definition) is 5. The van der Waals surface area contributed by atoms with Gasteiger partial charge >= 0.3 is 0 Å². The Labute approximate surface area is 135 Å². The second-order valence-corrected chi connectivity index (χ2v) is 7.84. The van der Waals surface area contributed by atoms with E-state index in [9.17, 15) is 5.11 Å². The van der Waals surface area contributed by atoms with Crippen LogP contribution in [-0.2, 0) is 0 Å². The average Bonchev–Trinajstić information content (AvgIpc) is 2.96. The van der Waals surface area contributed by atoms with Crippen LogP contribution >= 0.6 is 23.6 Å². The first-order chi connectivity index (χ1) is 9.94. The highest BCUT2D eigenvalue weighted by Gasteiger charge is 2.57. The predicted molar refractivity (Wildman–Crippen MR) is 92.5 cm³/mol. The lowest BCUT2D eigenvalue weighted by molar-refractivity contribution is -0.104. The van der Waals surface area contributed by atoms with Crippen molar-refractivity contribution in [1.82, 2.24) is 10.3 Å². The number of rotatable bonds is 3. The summed E-state index contributed by atoms with van der Waals surface area (Å²) < 4.78 is 0. The van der Waals surface area contributed by atoms with Crippen LogP contribution in [0.1, 0.15) is 25.7 Å². The van der Waals surface area contributed by atoms with Gasteiger partial charge in [-0.25, -0.2) is 4.98 Å². The normalized spacial score (nSPS) is 38.2. The molecule has 21 heavy (non-hydrogen) atoms. The third-order valence-electron chi connectivity index (χ3n) is 5.31. The maximum absolute atomic E-state index is 11.1. The summed E-state index contributed by atoms with van der Waals surface area (Å²) in [6, 6.07) is -0.201. The molecule has 114 valence electrons. The van der Waals surface area contributed by atoms with Gasteiger partial charge in [0.15, 0.2) is 10.2 Å². The monoisotopic (exact) mass is 324 g/mol. The maximum atomic E-state index is 11.1. The van der Waals surface area contributed by atoms with Crippen LogP contribution < -0.4 is 16.4 Å². The Morgan fingerprint density at radius 1 is 1.57 bits per heavy atom. The SMILES string of the molecule is BC12CCC(CC1)C(O)(CNC(=S)Nc1nccs1)C2N. The van der Waals surface area contributed by atoms with Crippen LogP contribution in [-0.4, -0.2) is 41.2 Å². The van der Waals surface area contributed by atoms with E-state index in [1.54, 1.807) is 6.20 Å². The van der Waals surface area contributed by atoms with E-state index in [1.165, 1.54) is 11.3 Å². The van der Waals surface area contributed by atoms with E-state index < -0.39 is 5.60 Å². The van der Waals surface area contributed by atoms with Crippen molar-refractivity contribution in [3.05, 3.63) is 11.6 Å². The zero-order valence-electron chi connectivity index (χ0n) is 12.1. The first-order valence-corrected chi connectivity index (χ1v) is 8.65. The second kappa shape index (κ2) is 5.50. The van der Waals surface area contributed by atoms with E-state index in [1.807, 2.05) is 5.38 Å². The summed E-state index contributed by atoms with van der Waals surface area (Å²) in [5.74, 6) is 0.268. The fraction of sp³-hybridized carbons (Fsp3) is 0.692. The summed E-state index contributed by atoms with van der Waals surface area (Å²) in [5.41, 5.74) is 5.52. The highest BCUT2D eigenvalue weighted by Crippen LogP contribution is 2.56. The zero-order valence-corrected chi connectivity index (χ0v) is 13.8. The molecule has 0 aromatic carbocycles. The van der Waals surface area contributed by atoms with Crippen molar-refractivity contribution in [3.63, 3.8) is 0 Å². The van der Waals surface area contributed by atoms with E-state index in [2.05, 4.69) is 23.5 Å². The molecule has 3 aliphatic carbocycles. The van der Waals surface area contributed by atoms with Gasteiger partial charge in [-0.1, -0.05) is 12.8 Å². The molecular weight excluding hydrogens is 303 g/mol. The summed E-state index contributed by atoms with van der Waals surface area (Å²) in [6.07, 6.45) is 6.05. The number of nitrogens with zero attached hydrogens (tertiary/aromatic N) is 1. The molecule has 0 amide bonds. The standard InChI is InChI=1S/C13H21BN4OS2/c14-12-3-1-8(2-4-12)13(19,9(12)15)7-17-10(20)18-11-16-5-6-21-11/h5-6,8-9,19H,1-4,7,14-15H2,(H2,16,17,18,20). The first-order valence-electron chi connectivity index (χ1n) is 7.36. The molecule has 3 saturated carbocycles. The van der Waals surface area contributed by atoms with Crippen molar-refractivity contribution in [3.8, 4) is 0 Å². The van der Waals surface area contributed by atoms with Crippen molar-refractivity contribution in [2.24, 2.45) is 11.7 Å². The Kier molecular flexibility index (Phi) is 3.98. The van der Waals surface area contributed by atoms with Crippen LogP contribution in [0.5, 0.6) is 0 Å². The third kappa shape index (κ3) is 2.70. The Balaban J connectivity index is 1.62. The summed E-state index contributed by atoms with van der Waals surface area (Å²) in [6.45, 7) is 0.394. The van der Waals surface area contributed by atoms with Gasteiger partial charge in [0.1, 0.15) is 7.85 Å². The molecule has 2 bridgehead atoms. The number of fused-ring (bicyclic) bond motifs is 3. The lowest BCUT2D eigenvalue weighted by Gasteiger charge is -2.58. The van der Waals surface area contributed by atoms with Gasteiger partial charge in [0.25, 0.3) is 0 Å². The smallest absolute Gasteiger partial charge is 0.188 e. The third-order valence-corrected chi connectivity index (χ3v) is 6.24. The van der Waals surface area contributed by atoms with E-state index >= 15 is 0 Å². The molecule has 0 radical (unpaired) electrons. The fourth-order valence-corrected chi connectivity index (χ4v) is 4.61. The topological polar surface area (TPSA) is 83.2 Å². The quantitative estimate of drug-likeness (QED) is 0.478. The van der Waals surface area contributed by atoms with Gasteiger partial charge in [-0.3, -0.25) is 0 Å². The van der Waals surface area contributed by atoms with Gasteiger partial charge in [0.05, 0.1) is 5.60 Å². The minimum atomic E-state index is -0.875. The Hall–Kier alpha value is -0.695. The molecule has 3 fully saturated rings. The van der Waals surface area contributed by atoms with Crippen LogP contribution in [0.25, 0.3) is 0 Å². The van der Waals surface area contributed by atoms with Gasteiger partial charge in [0.2, 0.25) is 0 Å². The molecule has 2 unspecified atom stereocenters. The summed E-state index contributed by atoms with van der Waals surface area (Å²) >= 11 is 6.75. The fourth-order valence-electron chi connectivity index (χ4n) is 3.85. The minimum absolute atomic E-state index is 0.0511. The zero-order chi connectivity index (χ0) is 15.1. The Morgan fingerprint density at radius 3 is 2.90 bits per heavy atom.